The van der Waals surface area contributed by atoms with Crippen LogP contribution in [-0.2, 0) is 9.59 Å². The fraction of sp³-hybridized carbons (Fsp3) is 0.190. The van der Waals surface area contributed by atoms with Crippen LogP contribution in [0.5, 0.6) is 11.5 Å². The van der Waals surface area contributed by atoms with E-state index in [0.717, 1.165) is 0 Å². The molecule has 0 aromatic heterocycles. The maximum atomic E-state index is 13.7. The summed E-state index contributed by atoms with van der Waals surface area (Å²) in [4.78, 5) is 37.7. The second-order valence-electron chi connectivity index (χ2n) is 6.37. The van der Waals surface area contributed by atoms with E-state index in [4.69, 9.17) is 21.1 Å². The highest BCUT2D eigenvalue weighted by atomic mass is 35.5. The summed E-state index contributed by atoms with van der Waals surface area (Å²) in [5, 5.41) is 5.00. The van der Waals surface area contributed by atoms with E-state index in [2.05, 4.69) is 10.6 Å². The van der Waals surface area contributed by atoms with Crippen LogP contribution in [0.15, 0.2) is 42.1 Å². The molecule has 10 heteroatoms. The number of para-hydroxylation sites is 1. The van der Waals surface area contributed by atoms with Gasteiger partial charge in [-0.25, -0.2) is 14.1 Å². The summed E-state index contributed by atoms with van der Waals surface area (Å²) in [5.41, 5.74) is 0.281. The lowest BCUT2D eigenvalue weighted by molar-refractivity contribution is -0.127. The summed E-state index contributed by atoms with van der Waals surface area (Å²) >= 11 is 6.27. The number of benzene rings is 2. The zero-order valence-electron chi connectivity index (χ0n) is 16.7. The number of carbonyl (C=O) groups is 3. The number of methoxy groups -OCH3 is 1. The molecule has 0 atom stereocenters. The van der Waals surface area contributed by atoms with E-state index in [1.165, 1.54) is 37.5 Å². The lowest BCUT2D eigenvalue weighted by Gasteiger charge is -2.12. The van der Waals surface area contributed by atoms with Crippen LogP contribution in [0, 0.1) is 5.82 Å². The number of amides is 4. The second-order valence-corrected chi connectivity index (χ2v) is 6.77. The Balaban J connectivity index is 1.77. The van der Waals surface area contributed by atoms with Crippen molar-refractivity contribution in [1.29, 1.82) is 0 Å². The third-order valence-corrected chi connectivity index (χ3v) is 4.62. The Morgan fingerprint density at radius 1 is 1.26 bits per heavy atom. The number of nitrogens with zero attached hydrogens (tertiary/aromatic N) is 1. The van der Waals surface area contributed by atoms with E-state index in [1.807, 2.05) is 6.92 Å². The molecule has 2 aromatic carbocycles. The summed E-state index contributed by atoms with van der Waals surface area (Å²) in [7, 11) is 1.46. The molecule has 1 aliphatic rings. The second kappa shape index (κ2) is 9.48. The molecule has 4 amide bonds. The Bertz CT molecular complexity index is 1070. The molecular weight excluding hydrogens is 429 g/mol. The van der Waals surface area contributed by atoms with Gasteiger partial charge in [-0.15, -0.1) is 0 Å². The maximum Gasteiger partial charge on any atom is 0.329 e. The molecule has 1 fully saturated rings. The van der Waals surface area contributed by atoms with Crippen molar-refractivity contribution in [2.45, 2.75) is 6.92 Å². The number of hydrogen-bond donors (Lipinski definition) is 2. The summed E-state index contributed by atoms with van der Waals surface area (Å²) in [5.74, 6) is -1.25. The smallest absolute Gasteiger partial charge is 0.329 e. The fourth-order valence-corrected chi connectivity index (χ4v) is 3.06. The van der Waals surface area contributed by atoms with Gasteiger partial charge in [0, 0.05) is 6.07 Å². The standard InChI is InChI=1S/C21H19ClFN3O5/c1-3-31-18-10-13(22)12(9-17(18)30-2)8-16-20(28)26(21(29)25-16)11-19(27)24-15-7-5-4-6-14(15)23/h4-10H,3,11H2,1-2H3,(H,24,27)(H,25,29)/b16-8+. The van der Waals surface area contributed by atoms with Crippen molar-refractivity contribution in [2.24, 2.45) is 0 Å². The number of urea groups is 1. The van der Waals surface area contributed by atoms with Gasteiger partial charge in [0.2, 0.25) is 5.91 Å². The first kappa shape index (κ1) is 22.1. The van der Waals surface area contributed by atoms with Gasteiger partial charge in [-0.1, -0.05) is 23.7 Å². The predicted octanol–water partition coefficient (Wildman–Crippen LogP) is 3.42. The van der Waals surface area contributed by atoms with Crippen molar-refractivity contribution in [1.82, 2.24) is 10.2 Å². The third kappa shape index (κ3) is 4.95. The highest BCUT2D eigenvalue weighted by Crippen LogP contribution is 2.34. The summed E-state index contributed by atoms with van der Waals surface area (Å²) in [6.45, 7) is 1.63. The van der Waals surface area contributed by atoms with Crippen molar-refractivity contribution in [3.8, 4) is 11.5 Å². The minimum absolute atomic E-state index is 0.0522. The van der Waals surface area contributed by atoms with E-state index in [1.54, 1.807) is 12.1 Å². The van der Waals surface area contributed by atoms with Crippen molar-refractivity contribution in [3.05, 3.63) is 58.5 Å². The van der Waals surface area contributed by atoms with Crippen molar-refractivity contribution in [2.75, 3.05) is 25.6 Å². The Kier molecular flexibility index (Phi) is 6.76. The predicted molar refractivity (Wildman–Crippen MR) is 112 cm³/mol. The number of ether oxygens (including phenoxy) is 2. The van der Waals surface area contributed by atoms with Crippen LogP contribution in [0.25, 0.3) is 6.08 Å². The largest absolute Gasteiger partial charge is 0.493 e. The molecule has 1 saturated heterocycles. The number of carbonyl (C=O) groups excluding carboxylic acids is 3. The van der Waals surface area contributed by atoms with E-state index in [9.17, 15) is 18.8 Å². The van der Waals surface area contributed by atoms with Gasteiger partial charge < -0.3 is 20.1 Å². The molecular formula is C21H19ClFN3O5. The average Bonchev–Trinajstić information content (AvgIpc) is 2.99. The first-order chi connectivity index (χ1) is 14.8. The van der Waals surface area contributed by atoms with Gasteiger partial charge in [0.1, 0.15) is 18.1 Å². The molecule has 1 heterocycles. The van der Waals surface area contributed by atoms with Crippen LogP contribution in [0.2, 0.25) is 5.02 Å². The SMILES string of the molecule is CCOc1cc(Cl)c(/C=C2/NC(=O)N(CC(=O)Nc3ccccc3F)C2=O)cc1OC. The van der Waals surface area contributed by atoms with E-state index in [-0.39, 0.29) is 16.4 Å². The van der Waals surface area contributed by atoms with Crippen molar-refractivity contribution >= 4 is 41.2 Å². The number of rotatable bonds is 7. The van der Waals surface area contributed by atoms with Crippen LogP contribution in [-0.4, -0.2) is 43.0 Å². The Morgan fingerprint density at radius 3 is 2.68 bits per heavy atom. The van der Waals surface area contributed by atoms with Crippen molar-refractivity contribution < 1.29 is 28.2 Å². The number of imide groups is 1. The molecule has 0 saturated carbocycles. The molecule has 0 bridgehead atoms. The van der Waals surface area contributed by atoms with E-state index < -0.39 is 30.2 Å². The highest BCUT2D eigenvalue weighted by molar-refractivity contribution is 6.32. The number of halogens is 2. The lowest BCUT2D eigenvalue weighted by atomic mass is 10.1. The summed E-state index contributed by atoms with van der Waals surface area (Å²) in [6, 6.07) is 7.88. The zero-order valence-corrected chi connectivity index (χ0v) is 17.5. The molecule has 8 nitrogen and oxygen atoms in total. The minimum Gasteiger partial charge on any atom is -0.493 e. The van der Waals surface area contributed by atoms with Crippen molar-refractivity contribution in [3.63, 3.8) is 0 Å². The summed E-state index contributed by atoms with van der Waals surface area (Å²) < 4.78 is 24.4. The van der Waals surface area contributed by atoms with Crippen LogP contribution in [0.4, 0.5) is 14.9 Å². The normalized spacial score (nSPS) is 14.6. The molecule has 31 heavy (non-hydrogen) atoms. The Hall–Kier alpha value is -3.59. The first-order valence-corrected chi connectivity index (χ1v) is 9.61. The Labute approximate surface area is 182 Å². The summed E-state index contributed by atoms with van der Waals surface area (Å²) in [6.07, 6.45) is 1.37. The first-order valence-electron chi connectivity index (χ1n) is 9.23. The number of hydrogen-bond acceptors (Lipinski definition) is 5. The van der Waals surface area contributed by atoms with Gasteiger partial charge in [-0.05, 0) is 36.8 Å². The maximum absolute atomic E-state index is 13.7. The Morgan fingerprint density at radius 2 is 2.00 bits per heavy atom. The third-order valence-electron chi connectivity index (χ3n) is 4.29. The van der Waals surface area contributed by atoms with Gasteiger partial charge in [-0.2, -0.15) is 0 Å². The molecule has 162 valence electrons. The van der Waals surface area contributed by atoms with Crippen LogP contribution >= 0.6 is 11.6 Å². The molecule has 0 aliphatic carbocycles. The van der Waals surface area contributed by atoms with Crippen LogP contribution in [0.3, 0.4) is 0 Å². The van der Waals surface area contributed by atoms with Gasteiger partial charge >= 0.3 is 6.03 Å². The van der Waals surface area contributed by atoms with Gasteiger partial charge in [0.05, 0.1) is 24.4 Å². The monoisotopic (exact) mass is 447 g/mol. The molecule has 0 spiro atoms. The quantitative estimate of drug-likeness (QED) is 0.500. The fourth-order valence-electron chi connectivity index (χ4n) is 2.86. The van der Waals surface area contributed by atoms with Gasteiger partial charge in [0.15, 0.2) is 11.5 Å². The molecule has 2 aromatic rings. The highest BCUT2D eigenvalue weighted by Gasteiger charge is 2.35. The average molecular weight is 448 g/mol. The lowest BCUT2D eigenvalue weighted by Crippen LogP contribution is -2.38. The number of anilines is 1. The molecule has 0 radical (unpaired) electrons. The topological polar surface area (TPSA) is 97.0 Å². The minimum atomic E-state index is -0.783. The van der Waals surface area contributed by atoms with Crippen LogP contribution in [0.1, 0.15) is 12.5 Å². The number of nitrogens with one attached hydrogen (secondary N) is 2. The van der Waals surface area contributed by atoms with Crippen LogP contribution < -0.4 is 20.1 Å². The van der Waals surface area contributed by atoms with Gasteiger partial charge in [-0.3, -0.25) is 9.59 Å². The molecule has 3 rings (SSSR count). The molecule has 2 N–H and O–H groups in total. The molecule has 1 aliphatic heterocycles. The van der Waals surface area contributed by atoms with E-state index in [0.29, 0.717) is 28.6 Å². The van der Waals surface area contributed by atoms with E-state index >= 15 is 0 Å². The zero-order chi connectivity index (χ0) is 22.5. The molecule has 0 unspecified atom stereocenters. The van der Waals surface area contributed by atoms with Gasteiger partial charge in [0.25, 0.3) is 5.91 Å².